The van der Waals surface area contributed by atoms with Gasteiger partial charge in [0, 0.05) is 13.5 Å². The number of benzene rings is 1. The molecule has 0 aliphatic rings. The summed E-state index contributed by atoms with van der Waals surface area (Å²) in [6, 6.07) is 7.42. The molecular weight excluding hydrogens is 292 g/mol. The molecule has 1 aromatic carbocycles. The van der Waals surface area contributed by atoms with Gasteiger partial charge < -0.3 is 15.7 Å². The molecule has 0 radical (unpaired) electrons. The van der Waals surface area contributed by atoms with Crippen molar-refractivity contribution in [3.8, 4) is 0 Å². The number of rotatable bonds is 8. The van der Waals surface area contributed by atoms with Crippen LogP contribution in [0.25, 0.3) is 0 Å². The van der Waals surface area contributed by atoms with E-state index >= 15 is 0 Å². The van der Waals surface area contributed by atoms with E-state index in [0.29, 0.717) is 13.0 Å². The Hall–Kier alpha value is -1.88. The Labute approximate surface area is 138 Å². The first kappa shape index (κ1) is 19.2. The van der Waals surface area contributed by atoms with Crippen LogP contribution in [0.3, 0.4) is 0 Å². The van der Waals surface area contributed by atoms with Crippen LogP contribution in [0.1, 0.15) is 50.8 Å². The van der Waals surface area contributed by atoms with Crippen molar-refractivity contribution in [1.29, 1.82) is 0 Å². The summed E-state index contributed by atoms with van der Waals surface area (Å²) in [5.41, 5.74) is 2.03. The summed E-state index contributed by atoms with van der Waals surface area (Å²) in [6.07, 6.45) is 0.289. The molecule has 0 heterocycles. The van der Waals surface area contributed by atoms with Gasteiger partial charge in [0.2, 0.25) is 11.8 Å². The normalized spacial score (nSPS) is 13.5. The van der Waals surface area contributed by atoms with Crippen LogP contribution in [-0.2, 0) is 9.59 Å². The number of carbonyl (C=O) groups is 2. The summed E-state index contributed by atoms with van der Waals surface area (Å²) >= 11 is 0. The monoisotopic (exact) mass is 320 g/mol. The second-order valence-electron chi connectivity index (χ2n) is 6.32. The van der Waals surface area contributed by atoms with Gasteiger partial charge >= 0.3 is 0 Å². The van der Waals surface area contributed by atoms with Gasteiger partial charge in [-0.3, -0.25) is 9.59 Å². The standard InChI is InChI=1S/C18H28N2O3/c1-12(2)17(22)9-10-19-18(23)11-16(20-14(4)21)15-7-5-13(3)6-8-15/h5-8,12,16-17,22H,9-11H2,1-4H3,(H,19,23)(H,20,21). The van der Waals surface area contributed by atoms with Crippen LogP contribution in [0.15, 0.2) is 24.3 Å². The summed E-state index contributed by atoms with van der Waals surface area (Å²) < 4.78 is 0. The third kappa shape index (κ3) is 7.28. The minimum absolute atomic E-state index is 0.139. The molecule has 5 nitrogen and oxygen atoms in total. The molecule has 0 saturated heterocycles. The van der Waals surface area contributed by atoms with E-state index in [1.807, 2.05) is 45.0 Å². The Morgan fingerprint density at radius 1 is 1.17 bits per heavy atom. The summed E-state index contributed by atoms with van der Waals surface area (Å²) in [6.45, 7) is 7.74. The van der Waals surface area contributed by atoms with Gasteiger partial charge in [-0.05, 0) is 24.8 Å². The lowest BCUT2D eigenvalue weighted by Gasteiger charge is -2.19. The second kappa shape index (κ2) is 9.30. The van der Waals surface area contributed by atoms with Crippen molar-refractivity contribution in [1.82, 2.24) is 10.6 Å². The molecule has 0 bridgehead atoms. The van der Waals surface area contributed by atoms with E-state index in [0.717, 1.165) is 11.1 Å². The molecule has 1 rings (SSSR count). The smallest absolute Gasteiger partial charge is 0.222 e. The van der Waals surface area contributed by atoms with Crippen LogP contribution in [-0.4, -0.2) is 29.6 Å². The number of carbonyl (C=O) groups excluding carboxylic acids is 2. The summed E-state index contributed by atoms with van der Waals surface area (Å²) in [5.74, 6) is -0.134. The van der Waals surface area contributed by atoms with Gasteiger partial charge in [-0.25, -0.2) is 0 Å². The molecule has 0 saturated carbocycles. The topological polar surface area (TPSA) is 78.4 Å². The van der Waals surface area contributed by atoms with Crippen molar-refractivity contribution in [2.24, 2.45) is 5.92 Å². The highest BCUT2D eigenvalue weighted by Gasteiger charge is 2.17. The minimum Gasteiger partial charge on any atom is -0.393 e. The average Bonchev–Trinajstić information content (AvgIpc) is 2.46. The van der Waals surface area contributed by atoms with Crippen molar-refractivity contribution in [2.45, 2.75) is 52.7 Å². The van der Waals surface area contributed by atoms with Gasteiger partial charge in [-0.1, -0.05) is 43.7 Å². The second-order valence-corrected chi connectivity index (χ2v) is 6.32. The molecular formula is C18H28N2O3. The van der Waals surface area contributed by atoms with Gasteiger partial charge in [-0.2, -0.15) is 0 Å². The molecule has 0 aromatic heterocycles. The Morgan fingerprint density at radius 2 is 1.78 bits per heavy atom. The van der Waals surface area contributed by atoms with Crippen molar-refractivity contribution in [2.75, 3.05) is 6.54 Å². The first-order chi connectivity index (χ1) is 10.8. The highest BCUT2D eigenvalue weighted by atomic mass is 16.3. The lowest BCUT2D eigenvalue weighted by molar-refractivity contribution is -0.122. The van der Waals surface area contributed by atoms with Crippen LogP contribution in [0, 0.1) is 12.8 Å². The lowest BCUT2D eigenvalue weighted by atomic mass is 10.0. The van der Waals surface area contributed by atoms with Gasteiger partial charge in [0.15, 0.2) is 0 Å². The highest BCUT2D eigenvalue weighted by molar-refractivity contribution is 5.79. The molecule has 0 fully saturated rings. The van der Waals surface area contributed by atoms with Crippen LogP contribution >= 0.6 is 0 Å². The molecule has 1 aromatic rings. The molecule has 0 aliphatic heterocycles. The van der Waals surface area contributed by atoms with E-state index in [-0.39, 0.29) is 30.2 Å². The molecule has 128 valence electrons. The predicted molar refractivity (Wildman–Crippen MR) is 90.8 cm³/mol. The molecule has 23 heavy (non-hydrogen) atoms. The molecule has 2 unspecified atom stereocenters. The number of hydrogen-bond donors (Lipinski definition) is 3. The van der Waals surface area contributed by atoms with E-state index in [1.165, 1.54) is 6.92 Å². The Balaban J connectivity index is 2.58. The van der Waals surface area contributed by atoms with Crippen LogP contribution in [0.2, 0.25) is 0 Å². The van der Waals surface area contributed by atoms with Crippen molar-refractivity contribution >= 4 is 11.8 Å². The summed E-state index contributed by atoms with van der Waals surface area (Å²) in [4.78, 5) is 23.5. The van der Waals surface area contributed by atoms with E-state index in [9.17, 15) is 14.7 Å². The third-order valence-corrected chi connectivity index (χ3v) is 3.78. The maximum atomic E-state index is 12.1. The van der Waals surface area contributed by atoms with E-state index in [4.69, 9.17) is 0 Å². The third-order valence-electron chi connectivity index (χ3n) is 3.78. The first-order valence-electron chi connectivity index (χ1n) is 8.08. The fourth-order valence-corrected chi connectivity index (χ4v) is 2.25. The molecule has 0 spiro atoms. The maximum Gasteiger partial charge on any atom is 0.222 e. The molecule has 3 N–H and O–H groups in total. The lowest BCUT2D eigenvalue weighted by Crippen LogP contribution is -2.34. The van der Waals surface area contributed by atoms with Gasteiger partial charge in [-0.15, -0.1) is 0 Å². The Morgan fingerprint density at radius 3 is 2.30 bits per heavy atom. The van der Waals surface area contributed by atoms with Gasteiger partial charge in [0.25, 0.3) is 0 Å². The number of amides is 2. The van der Waals surface area contributed by atoms with Gasteiger partial charge in [0.1, 0.15) is 0 Å². The van der Waals surface area contributed by atoms with E-state index in [2.05, 4.69) is 10.6 Å². The molecule has 2 amide bonds. The van der Waals surface area contributed by atoms with Crippen molar-refractivity contribution in [3.63, 3.8) is 0 Å². The zero-order chi connectivity index (χ0) is 17.4. The number of aliphatic hydroxyl groups excluding tert-OH is 1. The Bertz CT molecular complexity index is 512. The molecule has 5 heteroatoms. The first-order valence-corrected chi connectivity index (χ1v) is 8.08. The predicted octanol–water partition coefficient (Wildman–Crippen LogP) is 2.09. The number of aliphatic hydroxyl groups is 1. The van der Waals surface area contributed by atoms with Crippen molar-refractivity contribution in [3.05, 3.63) is 35.4 Å². The number of hydrogen-bond acceptors (Lipinski definition) is 3. The van der Waals surface area contributed by atoms with Crippen LogP contribution < -0.4 is 10.6 Å². The van der Waals surface area contributed by atoms with E-state index in [1.54, 1.807) is 0 Å². The minimum atomic E-state index is -0.418. The van der Waals surface area contributed by atoms with Gasteiger partial charge in [0.05, 0.1) is 18.6 Å². The molecule has 0 aliphatic carbocycles. The zero-order valence-corrected chi connectivity index (χ0v) is 14.4. The SMILES string of the molecule is CC(=O)NC(CC(=O)NCCC(O)C(C)C)c1ccc(C)cc1. The van der Waals surface area contributed by atoms with Crippen LogP contribution in [0.5, 0.6) is 0 Å². The Kier molecular flexibility index (Phi) is 7.75. The fourth-order valence-electron chi connectivity index (χ4n) is 2.25. The fraction of sp³-hybridized carbons (Fsp3) is 0.556. The zero-order valence-electron chi connectivity index (χ0n) is 14.4. The maximum absolute atomic E-state index is 12.1. The molecule has 2 atom stereocenters. The number of nitrogens with one attached hydrogen (secondary N) is 2. The largest absolute Gasteiger partial charge is 0.393 e. The van der Waals surface area contributed by atoms with E-state index < -0.39 is 6.10 Å². The van der Waals surface area contributed by atoms with Crippen molar-refractivity contribution < 1.29 is 14.7 Å². The summed E-state index contributed by atoms with van der Waals surface area (Å²) in [5, 5.41) is 15.4. The highest BCUT2D eigenvalue weighted by Crippen LogP contribution is 2.17. The number of aryl methyl sites for hydroxylation is 1. The van der Waals surface area contributed by atoms with Crippen LogP contribution in [0.4, 0.5) is 0 Å². The summed E-state index contributed by atoms with van der Waals surface area (Å²) in [7, 11) is 0. The quantitative estimate of drug-likeness (QED) is 0.686. The average molecular weight is 320 g/mol.